The molecule has 0 aliphatic rings. The number of hydrogen-bond donors (Lipinski definition) is 0. The number of ketones is 1. The van der Waals surface area contributed by atoms with Gasteiger partial charge in [0, 0.05) is 17.3 Å². The van der Waals surface area contributed by atoms with Gasteiger partial charge in [0.2, 0.25) is 0 Å². The molecule has 4 aromatic rings. The monoisotopic (exact) mass is 367 g/mol. The lowest BCUT2D eigenvalue weighted by atomic mass is 10.0. The zero-order valence-electron chi connectivity index (χ0n) is 13.8. The molecule has 0 amide bonds. The van der Waals surface area contributed by atoms with Crippen molar-refractivity contribution in [1.82, 2.24) is 14.6 Å². The van der Waals surface area contributed by atoms with Crippen molar-refractivity contribution in [3.05, 3.63) is 89.7 Å². The smallest absolute Gasteiger partial charge is 0.288 e. The van der Waals surface area contributed by atoms with Gasteiger partial charge in [-0.3, -0.25) is 4.79 Å². The maximum Gasteiger partial charge on any atom is 0.416 e. The van der Waals surface area contributed by atoms with Gasteiger partial charge in [0.15, 0.2) is 11.4 Å². The Hall–Kier alpha value is -3.48. The first-order valence-corrected chi connectivity index (χ1v) is 8.05. The zero-order valence-corrected chi connectivity index (χ0v) is 13.8. The highest BCUT2D eigenvalue weighted by Gasteiger charge is 2.31. The Morgan fingerprint density at radius 2 is 1.74 bits per heavy atom. The van der Waals surface area contributed by atoms with Crippen molar-refractivity contribution in [2.24, 2.45) is 0 Å². The molecule has 0 aliphatic carbocycles. The van der Waals surface area contributed by atoms with Gasteiger partial charge in [-0.05, 0) is 18.2 Å². The predicted octanol–water partition coefficient (Wildman–Crippen LogP) is 4.65. The summed E-state index contributed by atoms with van der Waals surface area (Å²) in [5.74, 6) is -0.561. The second-order valence-corrected chi connectivity index (χ2v) is 5.90. The molecule has 2 heterocycles. The van der Waals surface area contributed by atoms with Crippen molar-refractivity contribution in [3.8, 4) is 11.3 Å². The average molecular weight is 367 g/mol. The fourth-order valence-corrected chi connectivity index (χ4v) is 2.87. The number of carbonyl (C=O) groups is 1. The molecular weight excluding hydrogens is 355 g/mol. The van der Waals surface area contributed by atoms with Crippen LogP contribution in [0.3, 0.4) is 0 Å². The molecule has 0 atom stereocenters. The standard InChI is InChI=1S/C20H12F3N3O/c21-20(22,23)15-8-4-7-14(11-15)18(27)16-12-25-26-17(9-10-24-19(16)26)13-5-2-1-3-6-13/h1-12H. The largest absolute Gasteiger partial charge is 0.416 e. The lowest BCUT2D eigenvalue weighted by Crippen LogP contribution is -2.08. The van der Waals surface area contributed by atoms with Crippen molar-refractivity contribution < 1.29 is 18.0 Å². The highest BCUT2D eigenvalue weighted by molar-refractivity contribution is 6.12. The Bertz CT molecular complexity index is 1130. The Morgan fingerprint density at radius 3 is 2.48 bits per heavy atom. The number of fused-ring (bicyclic) bond motifs is 1. The lowest BCUT2D eigenvalue weighted by Gasteiger charge is -2.08. The molecule has 0 bridgehead atoms. The molecule has 0 aliphatic heterocycles. The zero-order chi connectivity index (χ0) is 19.0. The average Bonchev–Trinajstić information content (AvgIpc) is 3.11. The van der Waals surface area contributed by atoms with Crippen LogP contribution >= 0.6 is 0 Å². The van der Waals surface area contributed by atoms with Crippen LogP contribution in [0.25, 0.3) is 16.9 Å². The minimum atomic E-state index is -4.52. The number of nitrogens with zero attached hydrogens (tertiary/aromatic N) is 3. The Balaban J connectivity index is 1.81. The van der Waals surface area contributed by atoms with Crippen LogP contribution in [-0.4, -0.2) is 20.4 Å². The van der Waals surface area contributed by atoms with Crippen LogP contribution in [0.4, 0.5) is 13.2 Å². The first kappa shape index (κ1) is 17.0. The normalized spacial score (nSPS) is 11.7. The number of aromatic nitrogens is 3. The molecule has 0 spiro atoms. The van der Waals surface area contributed by atoms with E-state index in [4.69, 9.17) is 0 Å². The summed E-state index contributed by atoms with van der Waals surface area (Å²) in [6.07, 6.45) is -1.64. The second-order valence-electron chi connectivity index (χ2n) is 5.90. The van der Waals surface area contributed by atoms with Crippen LogP contribution in [0.1, 0.15) is 21.5 Å². The van der Waals surface area contributed by atoms with Gasteiger partial charge < -0.3 is 0 Å². The van der Waals surface area contributed by atoms with E-state index >= 15 is 0 Å². The summed E-state index contributed by atoms with van der Waals surface area (Å²) in [5.41, 5.74) is 1.11. The van der Waals surface area contributed by atoms with Crippen LogP contribution in [-0.2, 0) is 6.18 Å². The summed E-state index contributed by atoms with van der Waals surface area (Å²) in [5, 5.41) is 4.22. The maximum absolute atomic E-state index is 12.9. The Kier molecular flexibility index (Phi) is 3.99. The van der Waals surface area contributed by atoms with E-state index in [-0.39, 0.29) is 11.1 Å². The number of alkyl halides is 3. The van der Waals surface area contributed by atoms with Crippen LogP contribution in [0.5, 0.6) is 0 Å². The van der Waals surface area contributed by atoms with Crippen molar-refractivity contribution >= 4 is 11.4 Å². The van der Waals surface area contributed by atoms with E-state index in [0.29, 0.717) is 5.65 Å². The third-order valence-corrected chi connectivity index (χ3v) is 4.17. The second kappa shape index (κ2) is 6.35. The van der Waals surface area contributed by atoms with E-state index in [0.717, 1.165) is 23.4 Å². The fourth-order valence-electron chi connectivity index (χ4n) is 2.87. The first-order chi connectivity index (χ1) is 12.9. The third-order valence-electron chi connectivity index (χ3n) is 4.17. The van der Waals surface area contributed by atoms with E-state index in [2.05, 4.69) is 10.1 Å². The van der Waals surface area contributed by atoms with Crippen molar-refractivity contribution in [2.45, 2.75) is 6.18 Å². The number of carbonyl (C=O) groups excluding carboxylic acids is 1. The van der Waals surface area contributed by atoms with Gasteiger partial charge in [-0.25, -0.2) is 9.50 Å². The summed E-state index contributed by atoms with van der Waals surface area (Å²) in [4.78, 5) is 17.0. The highest BCUT2D eigenvalue weighted by Crippen LogP contribution is 2.30. The van der Waals surface area contributed by atoms with Crippen LogP contribution < -0.4 is 0 Å². The van der Waals surface area contributed by atoms with Crippen LogP contribution in [0.2, 0.25) is 0 Å². The quantitative estimate of drug-likeness (QED) is 0.496. The van der Waals surface area contributed by atoms with Crippen LogP contribution in [0.15, 0.2) is 73.1 Å². The number of halogens is 3. The summed E-state index contributed by atoms with van der Waals surface area (Å²) >= 11 is 0. The summed E-state index contributed by atoms with van der Waals surface area (Å²) < 4.78 is 40.3. The van der Waals surface area contributed by atoms with Gasteiger partial charge in [-0.2, -0.15) is 18.3 Å². The first-order valence-electron chi connectivity index (χ1n) is 8.05. The summed E-state index contributed by atoms with van der Waals surface area (Å²) in [6.45, 7) is 0. The topological polar surface area (TPSA) is 47.3 Å². The Morgan fingerprint density at radius 1 is 0.963 bits per heavy atom. The minimum Gasteiger partial charge on any atom is -0.288 e. The summed E-state index contributed by atoms with van der Waals surface area (Å²) in [7, 11) is 0. The fraction of sp³-hybridized carbons (Fsp3) is 0.0500. The third kappa shape index (κ3) is 3.08. The van der Waals surface area contributed by atoms with E-state index in [9.17, 15) is 18.0 Å². The van der Waals surface area contributed by atoms with Gasteiger partial charge in [0.05, 0.1) is 23.0 Å². The van der Waals surface area contributed by atoms with E-state index in [1.807, 2.05) is 30.3 Å². The van der Waals surface area contributed by atoms with Crippen molar-refractivity contribution in [2.75, 3.05) is 0 Å². The molecule has 4 rings (SSSR count). The van der Waals surface area contributed by atoms with Crippen molar-refractivity contribution in [1.29, 1.82) is 0 Å². The number of hydrogen-bond acceptors (Lipinski definition) is 3. The van der Waals surface area contributed by atoms with Gasteiger partial charge >= 0.3 is 6.18 Å². The molecule has 0 saturated carbocycles. The molecule has 0 radical (unpaired) electrons. The van der Waals surface area contributed by atoms with E-state index in [1.54, 1.807) is 12.3 Å². The molecular formula is C20H12F3N3O. The Labute approximate surface area is 151 Å². The molecule has 27 heavy (non-hydrogen) atoms. The highest BCUT2D eigenvalue weighted by atomic mass is 19.4. The van der Waals surface area contributed by atoms with Gasteiger partial charge in [0.25, 0.3) is 0 Å². The van der Waals surface area contributed by atoms with Gasteiger partial charge in [-0.1, -0.05) is 42.5 Å². The predicted molar refractivity (Wildman–Crippen MR) is 93.3 cm³/mol. The molecule has 0 saturated heterocycles. The molecule has 134 valence electrons. The molecule has 0 N–H and O–H groups in total. The SMILES string of the molecule is O=C(c1cccc(C(F)(F)F)c1)c1cnn2c(-c3ccccc3)ccnc12. The van der Waals surface area contributed by atoms with Crippen molar-refractivity contribution in [3.63, 3.8) is 0 Å². The van der Waals surface area contributed by atoms with E-state index in [1.165, 1.54) is 22.8 Å². The molecule has 4 nitrogen and oxygen atoms in total. The van der Waals surface area contributed by atoms with E-state index < -0.39 is 17.5 Å². The molecule has 0 unspecified atom stereocenters. The van der Waals surface area contributed by atoms with Gasteiger partial charge in [-0.15, -0.1) is 0 Å². The van der Waals surface area contributed by atoms with Crippen LogP contribution in [0, 0.1) is 0 Å². The molecule has 2 aromatic carbocycles. The number of benzene rings is 2. The molecule has 0 fully saturated rings. The summed E-state index contributed by atoms with van der Waals surface area (Å²) in [6, 6.07) is 15.5. The molecule has 7 heteroatoms. The number of rotatable bonds is 3. The minimum absolute atomic E-state index is 0.0633. The van der Waals surface area contributed by atoms with Gasteiger partial charge in [0.1, 0.15) is 0 Å². The molecule has 2 aromatic heterocycles. The maximum atomic E-state index is 12.9. The lowest BCUT2D eigenvalue weighted by molar-refractivity contribution is -0.137.